The molecule has 0 aliphatic rings. The van der Waals surface area contributed by atoms with Gasteiger partial charge in [-0.1, -0.05) is 23.7 Å². The van der Waals surface area contributed by atoms with Gasteiger partial charge in [-0.2, -0.15) is 5.10 Å². The van der Waals surface area contributed by atoms with Gasteiger partial charge < -0.3 is 4.74 Å². The van der Waals surface area contributed by atoms with E-state index >= 15 is 0 Å². The van der Waals surface area contributed by atoms with Gasteiger partial charge in [0.2, 0.25) is 5.91 Å². The highest BCUT2D eigenvalue weighted by molar-refractivity contribution is 6.30. The lowest BCUT2D eigenvalue weighted by Crippen LogP contribution is -2.42. The number of amides is 2. The first-order chi connectivity index (χ1) is 13.0. The Balaban J connectivity index is 1.55. The zero-order valence-corrected chi connectivity index (χ0v) is 15.2. The molecular formula is C19H17ClN4O3. The van der Waals surface area contributed by atoms with Crippen molar-refractivity contribution in [2.45, 2.75) is 6.42 Å². The molecule has 3 N–H and O–H groups in total. The van der Waals surface area contributed by atoms with Gasteiger partial charge in [-0.05, 0) is 48.0 Å². The molecule has 0 spiro atoms. The zero-order chi connectivity index (χ0) is 19.2. The van der Waals surface area contributed by atoms with Gasteiger partial charge in [0, 0.05) is 10.6 Å². The maximum Gasteiger partial charge on any atom is 0.287 e. The molecule has 1 aromatic heterocycles. The van der Waals surface area contributed by atoms with Crippen LogP contribution in [0.4, 0.5) is 0 Å². The lowest BCUT2D eigenvalue weighted by Gasteiger charge is -2.06. The summed E-state index contributed by atoms with van der Waals surface area (Å²) in [5.74, 6) is -0.108. The number of methoxy groups -OCH3 is 1. The maximum atomic E-state index is 12.2. The fourth-order valence-corrected chi connectivity index (χ4v) is 2.50. The van der Waals surface area contributed by atoms with Gasteiger partial charge in [0.05, 0.1) is 19.2 Å². The Hall–Kier alpha value is -3.32. The lowest BCUT2D eigenvalue weighted by atomic mass is 10.1. The number of benzene rings is 2. The molecule has 0 aliphatic carbocycles. The van der Waals surface area contributed by atoms with Crippen molar-refractivity contribution in [3.63, 3.8) is 0 Å². The summed E-state index contributed by atoms with van der Waals surface area (Å²) < 4.78 is 5.11. The third-order valence-electron chi connectivity index (χ3n) is 3.80. The van der Waals surface area contributed by atoms with Crippen LogP contribution in [0, 0.1) is 0 Å². The second-order valence-corrected chi connectivity index (χ2v) is 6.14. The van der Waals surface area contributed by atoms with Crippen molar-refractivity contribution in [3.8, 4) is 17.0 Å². The molecule has 0 aliphatic heterocycles. The molecule has 2 amide bonds. The first-order valence-corrected chi connectivity index (χ1v) is 8.46. The Morgan fingerprint density at radius 2 is 1.78 bits per heavy atom. The number of carbonyl (C=O) groups excluding carboxylic acids is 2. The summed E-state index contributed by atoms with van der Waals surface area (Å²) in [6.07, 6.45) is 0.123. The third-order valence-corrected chi connectivity index (χ3v) is 4.05. The number of rotatable bonds is 5. The average Bonchev–Trinajstić information content (AvgIpc) is 3.18. The smallest absolute Gasteiger partial charge is 0.287 e. The largest absolute Gasteiger partial charge is 0.497 e. The lowest BCUT2D eigenvalue weighted by molar-refractivity contribution is -0.121. The summed E-state index contributed by atoms with van der Waals surface area (Å²) in [6.45, 7) is 0. The molecule has 0 bridgehead atoms. The van der Waals surface area contributed by atoms with Gasteiger partial charge in [0.25, 0.3) is 5.91 Å². The number of nitrogens with zero attached hydrogens (tertiary/aromatic N) is 1. The highest BCUT2D eigenvalue weighted by atomic mass is 35.5. The topological polar surface area (TPSA) is 96.1 Å². The van der Waals surface area contributed by atoms with E-state index < -0.39 is 5.91 Å². The number of carbonyl (C=O) groups is 2. The van der Waals surface area contributed by atoms with Crippen molar-refractivity contribution in [2.24, 2.45) is 0 Å². The Morgan fingerprint density at radius 3 is 2.44 bits per heavy atom. The number of hydrogen-bond acceptors (Lipinski definition) is 4. The fourth-order valence-electron chi connectivity index (χ4n) is 2.37. The van der Waals surface area contributed by atoms with E-state index in [2.05, 4.69) is 21.0 Å². The average molecular weight is 385 g/mol. The molecule has 0 unspecified atom stereocenters. The molecule has 27 heavy (non-hydrogen) atoms. The Morgan fingerprint density at radius 1 is 1.07 bits per heavy atom. The summed E-state index contributed by atoms with van der Waals surface area (Å²) in [5, 5.41) is 7.36. The van der Waals surface area contributed by atoms with Gasteiger partial charge in [-0.25, -0.2) is 0 Å². The third kappa shape index (κ3) is 4.86. The minimum absolute atomic E-state index is 0.123. The van der Waals surface area contributed by atoms with Crippen LogP contribution < -0.4 is 15.6 Å². The fraction of sp³-hybridized carbons (Fsp3) is 0.105. The number of halogens is 1. The van der Waals surface area contributed by atoms with Crippen LogP contribution >= 0.6 is 11.6 Å². The monoisotopic (exact) mass is 384 g/mol. The van der Waals surface area contributed by atoms with Gasteiger partial charge in [-0.3, -0.25) is 25.5 Å². The standard InChI is InChI=1S/C19H17ClN4O3/c1-27-15-8-4-13(5-9-15)16-11-17(22-21-16)19(26)24-23-18(25)10-12-2-6-14(20)7-3-12/h2-9,11H,10H2,1H3,(H,21,22)(H,23,25)(H,24,26). The molecule has 3 aromatic rings. The van der Waals surface area contributed by atoms with E-state index in [4.69, 9.17) is 16.3 Å². The van der Waals surface area contributed by atoms with E-state index in [1.165, 1.54) is 0 Å². The summed E-state index contributed by atoms with van der Waals surface area (Å²) >= 11 is 5.81. The Kier molecular flexibility index (Phi) is 5.73. The Bertz CT molecular complexity index is 936. The molecule has 0 saturated heterocycles. The molecule has 7 nitrogen and oxygen atoms in total. The molecule has 0 atom stereocenters. The molecule has 8 heteroatoms. The van der Waals surface area contributed by atoms with Crippen molar-refractivity contribution < 1.29 is 14.3 Å². The molecule has 2 aromatic carbocycles. The second-order valence-electron chi connectivity index (χ2n) is 5.70. The quantitative estimate of drug-likeness (QED) is 0.589. The number of aromatic amines is 1. The van der Waals surface area contributed by atoms with Crippen LogP contribution in [0.2, 0.25) is 5.02 Å². The van der Waals surface area contributed by atoms with E-state index in [1.807, 2.05) is 12.1 Å². The van der Waals surface area contributed by atoms with Crippen molar-refractivity contribution in [1.29, 1.82) is 0 Å². The first-order valence-electron chi connectivity index (χ1n) is 8.08. The summed E-state index contributed by atoms with van der Waals surface area (Å²) in [5.41, 5.74) is 7.18. The van der Waals surface area contributed by atoms with Gasteiger partial charge in [0.1, 0.15) is 11.4 Å². The number of H-pyrrole nitrogens is 1. The van der Waals surface area contributed by atoms with Crippen molar-refractivity contribution >= 4 is 23.4 Å². The van der Waals surface area contributed by atoms with E-state index in [0.29, 0.717) is 10.7 Å². The van der Waals surface area contributed by atoms with Crippen LogP contribution in [0.3, 0.4) is 0 Å². The van der Waals surface area contributed by atoms with E-state index in [1.54, 1.807) is 49.6 Å². The highest BCUT2D eigenvalue weighted by Gasteiger charge is 2.12. The minimum Gasteiger partial charge on any atom is -0.497 e. The van der Waals surface area contributed by atoms with Crippen molar-refractivity contribution in [1.82, 2.24) is 21.0 Å². The number of ether oxygens (including phenoxy) is 1. The predicted molar refractivity (Wildman–Crippen MR) is 101 cm³/mol. The molecule has 0 radical (unpaired) electrons. The number of aromatic nitrogens is 2. The molecular weight excluding hydrogens is 368 g/mol. The Labute approximate surface area is 160 Å². The molecule has 1 heterocycles. The van der Waals surface area contributed by atoms with Crippen LogP contribution in [0.5, 0.6) is 5.75 Å². The van der Waals surface area contributed by atoms with E-state index in [9.17, 15) is 9.59 Å². The highest BCUT2D eigenvalue weighted by Crippen LogP contribution is 2.21. The van der Waals surface area contributed by atoms with Crippen LogP contribution in [-0.2, 0) is 11.2 Å². The van der Waals surface area contributed by atoms with E-state index in [-0.39, 0.29) is 18.0 Å². The van der Waals surface area contributed by atoms with Crippen molar-refractivity contribution in [3.05, 3.63) is 70.9 Å². The van der Waals surface area contributed by atoms with Gasteiger partial charge >= 0.3 is 0 Å². The normalized spacial score (nSPS) is 10.3. The maximum absolute atomic E-state index is 12.2. The molecule has 3 rings (SSSR count). The summed E-state index contributed by atoms with van der Waals surface area (Å²) in [7, 11) is 1.59. The summed E-state index contributed by atoms with van der Waals surface area (Å²) in [6, 6.07) is 15.8. The van der Waals surface area contributed by atoms with Crippen molar-refractivity contribution in [2.75, 3.05) is 7.11 Å². The summed E-state index contributed by atoms with van der Waals surface area (Å²) in [4.78, 5) is 24.1. The van der Waals surface area contributed by atoms with E-state index in [0.717, 1.165) is 16.9 Å². The number of hydrazine groups is 1. The number of hydrogen-bond donors (Lipinski definition) is 3. The number of nitrogens with one attached hydrogen (secondary N) is 3. The molecule has 138 valence electrons. The second kappa shape index (κ2) is 8.37. The van der Waals surface area contributed by atoms with Crippen LogP contribution in [0.15, 0.2) is 54.6 Å². The van der Waals surface area contributed by atoms with Crippen LogP contribution in [-0.4, -0.2) is 29.1 Å². The molecule has 0 fully saturated rings. The van der Waals surface area contributed by atoms with Gasteiger partial charge in [0.15, 0.2) is 0 Å². The first kappa shape index (κ1) is 18.5. The predicted octanol–water partition coefficient (Wildman–Crippen LogP) is 2.74. The zero-order valence-electron chi connectivity index (χ0n) is 14.5. The van der Waals surface area contributed by atoms with Crippen LogP contribution in [0.25, 0.3) is 11.3 Å². The van der Waals surface area contributed by atoms with Crippen LogP contribution in [0.1, 0.15) is 16.1 Å². The minimum atomic E-state index is -0.494. The molecule has 0 saturated carbocycles. The SMILES string of the molecule is COc1ccc(-c2cc(C(=O)NNC(=O)Cc3ccc(Cl)cc3)[nH]n2)cc1. The van der Waals surface area contributed by atoms with Gasteiger partial charge in [-0.15, -0.1) is 0 Å².